The molecule has 19 heavy (non-hydrogen) atoms. The summed E-state index contributed by atoms with van der Waals surface area (Å²) in [6, 6.07) is 13.3. The quantitative estimate of drug-likeness (QED) is 0.479. The van der Waals surface area contributed by atoms with Gasteiger partial charge in [0.1, 0.15) is 5.92 Å². The second-order valence-electron chi connectivity index (χ2n) is 4.40. The first-order valence-electron chi connectivity index (χ1n) is 6.33. The summed E-state index contributed by atoms with van der Waals surface area (Å²) in [4.78, 5) is 23.8. The Hall–Kier alpha value is -2.16. The van der Waals surface area contributed by atoms with Gasteiger partial charge in [-0.3, -0.25) is 9.59 Å². The molecule has 0 N–H and O–H groups in total. The zero-order valence-electron chi connectivity index (χ0n) is 11.1. The van der Waals surface area contributed by atoms with E-state index in [0.717, 1.165) is 10.8 Å². The third-order valence-corrected chi connectivity index (χ3v) is 3.07. The van der Waals surface area contributed by atoms with Gasteiger partial charge in [-0.05, 0) is 30.7 Å². The summed E-state index contributed by atoms with van der Waals surface area (Å²) < 4.78 is 4.87. The van der Waals surface area contributed by atoms with E-state index in [1.165, 1.54) is 0 Å². The van der Waals surface area contributed by atoms with Gasteiger partial charge in [0.2, 0.25) is 0 Å². The molecule has 2 rings (SSSR count). The smallest absolute Gasteiger partial charge is 0.316 e. The molecule has 0 aliphatic heterocycles. The summed E-state index contributed by atoms with van der Waals surface area (Å²) in [6.45, 7) is 3.59. The number of Topliss-reactive ketones (excluding diaryl/α,β-unsaturated/α-hetero) is 1. The summed E-state index contributed by atoms with van der Waals surface area (Å²) in [5.41, 5.74) is 0.541. The number of ketones is 1. The van der Waals surface area contributed by atoms with Crippen molar-refractivity contribution in [2.75, 3.05) is 6.61 Å². The number of esters is 1. The summed E-state index contributed by atoms with van der Waals surface area (Å²) in [6.07, 6.45) is 0. The Morgan fingerprint density at radius 3 is 2.47 bits per heavy atom. The lowest BCUT2D eigenvalue weighted by Gasteiger charge is -2.10. The molecule has 2 aromatic rings. The number of ether oxygens (including phenoxy) is 1. The molecule has 3 heteroatoms. The zero-order valence-corrected chi connectivity index (χ0v) is 11.1. The number of carbonyl (C=O) groups excluding carboxylic acids is 2. The van der Waals surface area contributed by atoms with Gasteiger partial charge in [0.25, 0.3) is 0 Å². The molecule has 0 aromatic heterocycles. The Bertz CT molecular complexity index is 616. The fourth-order valence-electron chi connectivity index (χ4n) is 1.97. The van der Waals surface area contributed by atoms with E-state index in [2.05, 4.69) is 0 Å². The van der Waals surface area contributed by atoms with Gasteiger partial charge >= 0.3 is 5.97 Å². The van der Waals surface area contributed by atoms with Crippen LogP contribution < -0.4 is 0 Å². The van der Waals surface area contributed by atoms with Crippen molar-refractivity contribution in [3.05, 3.63) is 48.0 Å². The molecule has 0 saturated heterocycles. The number of hydrogen-bond donors (Lipinski definition) is 0. The van der Waals surface area contributed by atoms with E-state index in [-0.39, 0.29) is 12.4 Å². The average molecular weight is 256 g/mol. The highest BCUT2D eigenvalue weighted by Gasteiger charge is 2.23. The second-order valence-corrected chi connectivity index (χ2v) is 4.40. The van der Waals surface area contributed by atoms with E-state index in [1.807, 2.05) is 36.4 Å². The minimum atomic E-state index is -0.763. The summed E-state index contributed by atoms with van der Waals surface area (Å²) in [7, 11) is 0. The first kappa shape index (κ1) is 13.3. The molecule has 0 saturated carbocycles. The molecule has 0 aliphatic carbocycles. The van der Waals surface area contributed by atoms with E-state index >= 15 is 0 Å². The molecule has 0 amide bonds. The molecule has 0 spiro atoms. The predicted molar refractivity (Wildman–Crippen MR) is 74.1 cm³/mol. The van der Waals surface area contributed by atoms with Gasteiger partial charge in [0, 0.05) is 5.56 Å². The van der Waals surface area contributed by atoms with Crippen molar-refractivity contribution in [1.82, 2.24) is 0 Å². The predicted octanol–water partition coefficient (Wildman–Crippen LogP) is 3.22. The van der Waals surface area contributed by atoms with Crippen molar-refractivity contribution in [1.29, 1.82) is 0 Å². The molecular formula is C16H16O3. The average Bonchev–Trinajstić information content (AvgIpc) is 2.45. The van der Waals surface area contributed by atoms with E-state index in [0.29, 0.717) is 5.56 Å². The fraction of sp³-hybridized carbons (Fsp3) is 0.250. The van der Waals surface area contributed by atoms with E-state index in [1.54, 1.807) is 19.9 Å². The SMILES string of the molecule is CCOC(=O)C(C)C(=O)c1ccc2ccccc2c1. The Balaban J connectivity index is 2.28. The van der Waals surface area contributed by atoms with Crippen LogP contribution in [0.25, 0.3) is 10.8 Å². The Morgan fingerprint density at radius 1 is 1.11 bits per heavy atom. The number of fused-ring (bicyclic) bond motifs is 1. The summed E-state index contributed by atoms with van der Waals surface area (Å²) in [5, 5.41) is 2.06. The molecule has 0 fully saturated rings. The molecule has 98 valence electrons. The van der Waals surface area contributed by atoms with Crippen molar-refractivity contribution >= 4 is 22.5 Å². The van der Waals surface area contributed by atoms with Gasteiger partial charge in [0.05, 0.1) is 6.61 Å². The van der Waals surface area contributed by atoms with Gasteiger partial charge in [-0.25, -0.2) is 0 Å². The minimum absolute atomic E-state index is 0.204. The lowest BCUT2D eigenvalue weighted by Crippen LogP contribution is -2.23. The maximum Gasteiger partial charge on any atom is 0.316 e. The van der Waals surface area contributed by atoms with Crippen LogP contribution in [0.5, 0.6) is 0 Å². The molecule has 2 aromatic carbocycles. The highest BCUT2D eigenvalue weighted by Crippen LogP contribution is 2.18. The van der Waals surface area contributed by atoms with Crippen LogP contribution in [-0.2, 0) is 9.53 Å². The third-order valence-electron chi connectivity index (χ3n) is 3.07. The Kier molecular flexibility index (Phi) is 3.95. The van der Waals surface area contributed by atoms with Crippen LogP contribution in [0, 0.1) is 5.92 Å². The van der Waals surface area contributed by atoms with E-state index in [4.69, 9.17) is 4.74 Å². The third kappa shape index (κ3) is 2.81. The first-order chi connectivity index (χ1) is 9.13. The lowest BCUT2D eigenvalue weighted by molar-refractivity contribution is -0.145. The van der Waals surface area contributed by atoms with Crippen LogP contribution in [-0.4, -0.2) is 18.4 Å². The molecule has 0 heterocycles. The van der Waals surface area contributed by atoms with Gasteiger partial charge in [-0.15, -0.1) is 0 Å². The largest absolute Gasteiger partial charge is 0.465 e. The highest BCUT2D eigenvalue weighted by atomic mass is 16.5. The monoisotopic (exact) mass is 256 g/mol. The fourth-order valence-corrected chi connectivity index (χ4v) is 1.97. The lowest BCUT2D eigenvalue weighted by atomic mass is 9.97. The van der Waals surface area contributed by atoms with Crippen LogP contribution in [0.2, 0.25) is 0 Å². The van der Waals surface area contributed by atoms with E-state index < -0.39 is 11.9 Å². The maximum atomic E-state index is 12.2. The number of benzene rings is 2. The van der Waals surface area contributed by atoms with Crippen molar-refractivity contribution in [3.8, 4) is 0 Å². The van der Waals surface area contributed by atoms with Gasteiger partial charge in [-0.1, -0.05) is 36.4 Å². The van der Waals surface area contributed by atoms with Gasteiger partial charge < -0.3 is 4.74 Å². The molecule has 1 unspecified atom stereocenters. The minimum Gasteiger partial charge on any atom is -0.465 e. The second kappa shape index (κ2) is 5.65. The maximum absolute atomic E-state index is 12.2. The molecule has 0 radical (unpaired) electrons. The first-order valence-corrected chi connectivity index (χ1v) is 6.33. The summed E-state index contributed by atoms with van der Waals surface area (Å²) in [5.74, 6) is -1.44. The van der Waals surface area contributed by atoms with Crippen LogP contribution in [0.1, 0.15) is 24.2 Å². The Labute approximate surface area is 112 Å². The molecule has 0 bridgehead atoms. The Morgan fingerprint density at radius 2 is 1.79 bits per heavy atom. The standard InChI is InChI=1S/C16H16O3/c1-3-19-16(18)11(2)15(17)14-9-8-12-6-4-5-7-13(12)10-14/h4-11H,3H2,1-2H3. The number of carbonyl (C=O) groups is 2. The van der Waals surface area contributed by atoms with Gasteiger partial charge in [0.15, 0.2) is 5.78 Å². The molecule has 0 aliphatic rings. The van der Waals surface area contributed by atoms with Crippen LogP contribution in [0.4, 0.5) is 0 Å². The zero-order chi connectivity index (χ0) is 13.8. The van der Waals surface area contributed by atoms with Crippen molar-refractivity contribution in [2.24, 2.45) is 5.92 Å². The number of rotatable bonds is 4. The van der Waals surface area contributed by atoms with E-state index in [9.17, 15) is 9.59 Å². The van der Waals surface area contributed by atoms with Crippen LogP contribution >= 0.6 is 0 Å². The van der Waals surface area contributed by atoms with Crippen molar-refractivity contribution < 1.29 is 14.3 Å². The molecule has 3 nitrogen and oxygen atoms in total. The highest BCUT2D eigenvalue weighted by molar-refractivity contribution is 6.09. The molecular weight excluding hydrogens is 240 g/mol. The summed E-state index contributed by atoms with van der Waals surface area (Å²) >= 11 is 0. The van der Waals surface area contributed by atoms with Crippen molar-refractivity contribution in [3.63, 3.8) is 0 Å². The number of hydrogen-bond acceptors (Lipinski definition) is 3. The van der Waals surface area contributed by atoms with Gasteiger partial charge in [-0.2, -0.15) is 0 Å². The van der Waals surface area contributed by atoms with Crippen LogP contribution in [0.3, 0.4) is 0 Å². The van der Waals surface area contributed by atoms with Crippen molar-refractivity contribution in [2.45, 2.75) is 13.8 Å². The topological polar surface area (TPSA) is 43.4 Å². The normalized spacial score (nSPS) is 12.1. The van der Waals surface area contributed by atoms with Crippen LogP contribution in [0.15, 0.2) is 42.5 Å². The molecule has 1 atom stereocenters.